The number of nitrogens with zero attached hydrogens (tertiary/aromatic N) is 1. The second kappa shape index (κ2) is 5.19. The standard InChI is InChI=1S/C9H12BrNO2/c1-7-5-8(10)6-11-9(7)13-4-3-12-2/h5-6H,3-4H2,1-2H3. The molecule has 1 heterocycles. The molecular weight excluding hydrogens is 234 g/mol. The zero-order chi connectivity index (χ0) is 9.68. The van der Waals surface area contributed by atoms with Gasteiger partial charge in [0.25, 0.3) is 0 Å². The second-order valence-corrected chi connectivity index (χ2v) is 3.53. The first-order valence-electron chi connectivity index (χ1n) is 3.98. The van der Waals surface area contributed by atoms with Crippen LogP contribution in [0.1, 0.15) is 5.56 Å². The van der Waals surface area contributed by atoms with Gasteiger partial charge in [-0.05, 0) is 28.9 Å². The molecule has 0 atom stereocenters. The molecule has 0 aliphatic rings. The fourth-order valence-electron chi connectivity index (χ4n) is 0.901. The van der Waals surface area contributed by atoms with Crippen LogP contribution in [-0.2, 0) is 4.74 Å². The summed E-state index contributed by atoms with van der Waals surface area (Å²) in [5.41, 5.74) is 1.02. The minimum atomic E-state index is 0.534. The molecule has 0 bridgehead atoms. The van der Waals surface area contributed by atoms with Gasteiger partial charge in [0.2, 0.25) is 5.88 Å². The molecule has 0 spiro atoms. The van der Waals surface area contributed by atoms with Gasteiger partial charge >= 0.3 is 0 Å². The molecule has 13 heavy (non-hydrogen) atoms. The summed E-state index contributed by atoms with van der Waals surface area (Å²) in [5.74, 6) is 0.667. The average molecular weight is 246 g/mol. The van der Waals surface area contributed by atoms with E-state index in [-0.39, 0.29) is 0 Å². The average Bonchev–Trinajstić information content (AvgIpc) is 2.09. The van der Waals surface area contributed by atoms with Gasteiger partial charge in [-0.2, -0.15) is 0 Å². The van der Waals surface area contributed by atoms with Gasteiger partial charge in [0, 0.05) is 23.3 Å². The summed E-state index contributed by atoms with van der Waals surface area (Å²) in [6, 6.07) is 1.97. The van der Waals surface area contributed by atoms with E-state index in [1.54, 1.807) is 13.3 Å². The number of halogens is 1. The highest BCUT2D eigenvalue weighted by Crippen LogP contribution is 2.18. The van der Waals surface area contributed by atoms with Crippen molar-refractivity contribution in [2.24, 2.45) is 0 Å². The van der Waals surface area contributed by atoms with E-state index in [1.165, 1.54) is 0 Å². The fraction of sp³-hybridized carbons (Fsp3) is 0.444. The van der Waals surface area contributed by atoms with Gasteiger partial charge < -0.3 is 9.47 Å². The van der Waals surface area contributed by atoms with Crippen LogP contribution in [0.5, 0.6) is 5.88 Å². The largest absolute Gasteiger partial charge is 0.475 e. The van der Waals surface area contributed by atoms with E-state index in [9.17, 15) is 0 Å². The summed E-state index contributed by atoms with van der Waals surface area (Å²) >= 11 is 3.34. The molecule has 1 aromatic heterocycles. The maximum Gasteiger partial charge on any atom is 0.216 e. The first-order chi connectivity index (χ1) is 6.24. The van der Waals surface area contributed by atoms with E-state index < -0.39 is 0 Å². The molecule has 0 amide bonds. The summed E-state index contributed by atoms with van der Waals surface area (Å²) in [7, 11) is 1.64. The molecule has 3 nitrogen and oxygen atoms in total. The molecule has 1 rings (SSSR count). The number of aromatic nitrogens is 1. The Morgan fingerprint density at radius 1 is 1.46 bits per heavy atom. The number of ether oxygens (including phenoxy) is 2. The van der Waals surface area contributed by atoms with Gasteiger partial charge in [-0.1, -0.05) is 0 Å². The molecule has 0 N–H and O–H groups in total. The second-order valence-electron chi connectivity index (χ2n) is 2.62. The Hall–Kier alpha value is -0.610. The lowest BCUT2D eigenvalue weighted by Crippen LogP contribution is -2.06. The van der Waals surface area contributed by atoms with Gasteiger partial charge in [0.1, 0.15) is 6.61 Å². The molecule has 0 saturated carbocycles. The van der Waals surface area contributed by atoms with Crippen molar-refractivity contribution in [3.63, 3.8) is 0 Å². The third-order valence-electron chi connectivity index (χ3n) is 1.52. The molecule has 0 aromatic carbocycles. The van der Waals surface area contributed by atoms with Crippen LogP contribution < -0.4 is 4.74 Å². The van der Waals surface area contributed by atoms with Crippen molar-refractivity contribution < 1.29 is 9.47 Å². The maximum atomic E-state index is 5.38. The van der Waals surface area contributed by atoms with Crippen LogP contribution in [0.15, 0.2) is 16.7 Å². The Balaban J connectivity index is 2.56. The van der Waals surface area contributed by atoms with E-state index in [4.69, 9.17) is 9.47 Å². The smallest absolute Gasteiger partial charge is 0.216 e. The quantitative estimate of drug-likeness (QED) is 0.763. The molecule has 0 aliphatic heterocycles. The number of rotatable bonds is 4. The fourth-order valence-corrected chi connectivity index (χ4v) is 1.35. The summed E-state index contributed by atoms with van der Waals surface area (Å²) in [6.07, 6.45) is 1.72. The molecule has 0 aliphatic carbocycles. The molecule has 4 heteroatoms. The summed E-state index contributed by atoms with van der Waals surface area (Å²) in [5, 5.41) is 0. The topological polar surface area (TPSA) is 31.4 Å². The highest BCUT2D eigenvalue weighted by atomic mass is 79.9. The van der Waals surface area contributed by atoms with Crippen molar-refractivity contribution in [2.75, 3.05) is 20.3 Å². The highest BCUT2D eigenvalue weighted by molar-refractivity contribution is 9.10. The van der Waals surface area contributed by atoms with E-state index in [2.05, 4.69) is 20.9 Å². The lowest BCUT2D eigenvalue weighted by atomic mass is 10.3. The van der Waals surface area contributed by atoms with Gasteiger partial charge in [-0.15, -0.1) is 0 Å². The van der Waals surface area contributed by atoms with Crippen molar-refractivity contribution in [2.45, 2.75) is 6.92 Å². The van der Waals surface area contributed by atoms with Crippen LogP contribution in [0.25, 0.3) is 0 Å². The Kier molecular flexibility index (Phi) is 4.18. The summed E-state index contributed by atoms with van der Waals surface area (Å²) in [6.45, 7) is 3.07. The van der Waals surface area contributed by atoms with Gasteiger partial charge in [-0.25, -0.2) is 4.98 Å². The van der Waals surface area contributed by atoms with Crippen LogP contribution in [0.2, 0.25) is 0 Å². The summed E-state index contributed by atoms with van der Waals surface area (Å²) < 4.78 is 11.2. The Morgan fingerprint density at radius 2 is 2.23 bits per heavy atom. The predicted molar refractivity (Wildman–Crippen MR) is 54.0 cm³/mol. The number of pyridine rings is 1. The maximum absolute atomic E-state index is 5.38. The van der Waals surface area contributed by atoms with Crippen molar-refractivity contribution >= 4 is 15.9 Å². The van der Waals surface area contributed by atoms with Crippen LogP contribution in [0, 0.1) is 6.92 Å². The number of methoxy groups -OCH3 is 1. The van der Waals surface area contributed by atoms with Crippen molar-refractivity contribution in [1.29, 1.82) is 0 Å². The van der Waals surface area contributed by atoms with E-state index in [0.29, 0.717) is 19.1 Å². The third-order valence-corrected chi connectivity index (χ3v) is 1.96. The highest BCUT2D eigenvalue weighted by Gasteiger charge is 2.00. The third kappa shape index (κ3) is 3.32. The lowest BCUT2D eigenvalue weighted by Gasteiger charge is -2.06. The Bertz CT molecular complexity index is 278. The molecule has 1 aromatic rings. The van der Waals surface area contributed by atoms with Crippen molar-refractivity contribution in [3.8, 4) is 5.88 Å². The molecule has 0 saturated heterocycles. The van der Waals surface area contributed by atoms with Gasteiger partial charge in [-0.3, -0.25) is 0 Å². The minimum Gasteiger partial charge on any atom is -0.475 e. The van der Waals surface area contributed by atoms with Crippen molar-refractivity contribution in [3.05, 3.63) is 22.3 Å². The number of aryl methyl sites for hydroxylation is 1. The van der Waals surface area contributed by atoms with Crippen molar-refractivity contribution in [1.82, 2.24) is 4.98 Å². The van der Waals surface area contributed by atoms with Gasteiger partial charge in [0.15, 0.2) is 0 Å². The van der Waals surface area contributed by atoms with E-state index in [0.717, 1.165) is 10.0 Å². The molecule has 0 fully saturated rings. The lowest BCUT2D eigenvalue weighted by molar-refractivity contribution is 0.143. The zero-order valence-corrected chi connectivity index (χ0v) is 9.30. The zero-order valence-electron chi connectivity index (χ0n) is 7.71. The number of hydrogen-bond acceptors (Lipinski definition) is 3. The predicted octanol–water partition coefficient (Wildman–Crippen LogP) is 2.18. The van der Waals surface area contributed by atoms with Crippen LogP contribution in [-0.4, -0.2) is 25.3 Å². The SMILES string of the molecule is COCCOc1ncc(Br)cc1C. The number of hydrogen-bond donors (Lipinski definition) is 0. The normalized spacial score (nSPS) is 10.1. The Morgan fingerprint density at radius 3 is 2.85 bits per heavy atom. The molecular formula is C9H12BrNO2. The molecule has 72 valence electrons. The molecule has 0 radical (unpaired) electrons. The first kappa shape index (κ1) is 10.5. The minimum absolute atomic E-state index is 0.534. The first-order valence-corrected chi connectivity index (χ1v) is 4.77. The van der Waals surface area contributed by atoms with Crippen LogP contribution >= 0.6 is 15.9 Å². The monoisotopic (exact) mass is 245 g/mol. The molecule has 0 unspecified atom stereocenters. The van der Waals surface area contributed by atoms with Crippen LogP contribution in [0.4, 0.5) is 0 Å². The Labute approximate surface area is 86.2 Å². The summed E-state index contributed by atoms with van der Waals surface area (Å²) in [4.78, 5) is 4.12. The van der Waals surface area contributed by atoms with Gasteiger partial charge in [0.05, 0.1) is 6.61 Å². The van der Waals surface area contributed by atoms with E-state index >= 15 is 0 Å². The van der Waals surface area contributed by atoms with Crippen LogP contribution in [0.3, 0.4) is 0 Å². The van der Waals surface area contributed by atoms with E-state index in [1.807, 2.05) is 13.0 Å².